The molecule has 0 aliphatic heterocycles. The van der Waals surface area contributed by atoms with Crippen LogP contribution in [0.25, 0.3) is 11.0 Å². The molecule has 1 heterocycles. The van der Waals surface area contributed by atoms with E-state index in [-0.39, 0.29) is 17.8 Å². The van der Waals surface area contributed by atoms with Crippen molar-refractivity contribution in [3.8, 4) is 0 Å². The lowest BCUT2D eigenvalue weighted by Crippen LogP contribution is -2.30. The molecular weight excluding hydrogens is 297 g/mol. The van der Waals surface area contributed by atoms with Crippen molar-refractivity contribution in [3.63, 3.8) is 0 Å². The number of halogens is 2. The van der Waals surface area contributed by atoms with Crippen molar-refractivity contribution < 1.29 is 4.79 Å². The number of amides is 1. The number of aromatic nitrogens is 2. The number of carbonyl (C=O) groups is 1. The van der Waals surface area contributed by atoms with Crippen LogP contribution in [0.2, 0.25) is 5.02 Å². The second kappa shape index (κ2) is 6.02. The molecule has 0 aliphatic rings. The Balaban J connectivity index is 2.50. The molecule has 6 heteroatoms. The zero-order chi connectivity index (χ0) is 14.9. The third-order valence-electron chi connectivity index (χ3n) is 3.29. The van der Waals surface area contributed by atoms with Crippen LogP contribution in [-0.2, 0) is 11.3 Å². The maximum Gasteiger partial charge on any atom is 0.242 e. The van der Waals surface area contributed by atoms with E-state index >= 15 is 0 Å². The average molecular weight is 314 g/mol. The smallest absolute Gasteiger partial charge is 0.242 e. The predicted molar refractivity (Wildman–Crippen MR) is 82.3 cm³/mol. The minimum atomic E-state index is -0.277. The van der Waals surface area contributed by atoms with Crippen LogP contribution >= 0.6 is 23.2 Å². The Hall–Kier alpha value is -1.26. The van der Waals surface area contributed by atoms with Gasteiger partial charge < -0.3 is 9.47 Å². The Morgan fingerprint density at radius 3 is 2.80 bits per heavy atom. The van der Waals surface area contributed by atoms with Gasteiger partial charge in [0.2, 0.25) is 5.91 Å². The van der Waals surface area contributed by atoms with Crippen molar-refractivity contribution in [1.29, 1.82) is 0 Å². The first-order chi connectivity index (χ1) is 9.43. The van der Waals surface area contributed by atoms with Gasteiger partial charge in [-0.2, -0.15) is 0 Å². The molecule has 1 atom stereocenters. The van der Waals surface area contributed by atoms with Gasteiger partial charge in [0.05, 0.1) is 16.4 Å². The van der Waals surface area contributed by atoms with Crippen LogP contribution in [0.15, 0.2) is 18.2 Å². The molecule has 1 aromatic heterocycles. The topological polar surface area (TPSA) is 38.1 Å². The molecule has 2 aromatic rings. The summed E-state index contributed by atoms with van der Waals surface area (Å²) >= 11 is 12.2. The van der Waals surface area contributed by atoms with Crippen molar-refractivity contribution in [3.05, 3.63) is 29.0 Å². The number of rotatable bonds is 4. The van der Waals surface area contributed by atoms with E-state index < -0.39 is 0 Å². The molecule has 0 N–H and O–H groups in total. The molecule has 2 rings (SSSR count). The lowest BCUT2D eigenvalue weighted by Gasteiger charge is -2.17. The fraction of sp³-hybridized carbons (Fsp3) is 0.429. The Labute approximate surface area is 128 Å². The summed E-state index contributed by atoms with van der Waals surface area (Å²) in [7, 11) is 1.78. The number of hydrogen-bond donors (Lipinski definition) is 0. The summed E-state index contributed by atoms with van der Waals surface area (Å²) in [4.78, 5) is 18.3. The first-order valence-electron chi connectivity index (χ1n) is 6.47. The lowest BCUT2D eigenvalue weighted by atomic mass is 10.3. The highest BCUT2D eigenvalue weighted by atomic mass is 35.5. The highest BCUT2D eigenvalue weighted by Crippen LogP contribution is 2.26. The van der Waals surface area contributed by atoms with E-state index in [9.17, 15) is 4.79 Å². The van der Waals surface area contributed by atoms with E-state index in [0.717, 1.165) is 11.0 Å². The summed E-state index contributed by atoms with van der Waals surface area (Å²) in [6.45, 7) is 4.66. The number of alkyl halides is 1. The van der Waals surface area contributed by atoms with Crippen LogP contribution in [0.5, 0.6) is 0 Å². The van der Waals surface area contributed by atoms with E-state index in [1.807, 2.05) is 30.5 Å². The molecule has 0 aliphatic carbocycles. The highest BCUT2D eigenvalue weighted by molar-refractivity contribution is 6.31. The number of hydrogen-bond acceptors (Lipinski definition) is 2. The predicted octanol–water partition coefficient (Wildman–Crippen LogP) is 3.47. The zero-order valence-corrected chi connectivity index (χ0v) is 13.2. The van der Waals surface area contributed by atoms with Crippen molar-refractivity contribution in [2.45, 2.75) is 25.8 Å². The van der Waals surface area contributed by atoms with Crippen LogP contribution < -0.4 is 0 Å². The number of imidazole rings is 1. The Kier molecular flexibility index (Phi) is 4.55. The van der Waals surface area contributed by atoms with Crippen LogP contribution in [0.4, 0.5) is 0 Å². The molecule has 0 bridgehead atoms. The highest BCUT2D eigenvalue weighted by Gasteiger charge is 2.18. The largest absolute Gasteiger partial charge is 0.344 e. The molecule has 1 amide bonds. The molecule has 0 saturated heterocycles. The molecule has 0 spiro atoms. The van der Waals surface area contributed by atoms with Crippen LogP contribution in [0.1, 0.15) is 25.0 Å². The summed E-state index contributed by atoms with van der Waals surface area (Å²) in [5.74, 6) is 0.701. The number of carbonyl (C=O) groups excluding carboxylic acids is 1. The second-order valence-electron chi connectivity index (χ2n) is 4.71. The van der Waals surface area contributed by atoms with Crippen LogP contribution in [0, 0.1) is 0 Å². The maximum absolute atomic E-state index is 12.1. The number of likely N-dealkylation sites (N-methyl/N-ethyl adjacent to an activating group) is 1. The third kappa shape index (κ3) is 2.91. The van der Waals surface area contributed by atoms with Crippen LogP contribution in [-0.4, -0.2) is 34.0 Å². The molecule has 4 nitrogen and oxygen atoms in total. The zero-order valence-electron chi connectivity index (χ0n) is 11.7. The number of fused-ring (bicyclic) bond motifs is 1. The average Bonchev–Trinajstić information content (AvgIpc) is 2.76. The SMILES string of the molecule is CCN(C)C(=O)Cn1c(C(C)Cl)nc2ccc(Cl)cc21. The van der Waals surface area contributed by atoms with E-state index in [4.69, 9.17) is 23.2 Å². The maximum atomic E-state index is 12.1. The molecule has 108 valence electrons. The third-order valence-corrected chi connectivity index (χ3v) is 3.72. The van der Waals surface area contributed by atoms with Gasteiger partial charge in [0, 0.05) is 18.6 Å². The summed E-state index contributed by atoms with van der Waals surface area (Å²) < 4.78 is 1.84. The monoisotopic (exact) mass is 313 g/mol. The van der Waals surface area contributed by atoms with Crippen molar-refractivity contribution in [2.24, 2.45) is 0 Å². The molecule has 20 heavy (non-hydrogen) atoms. The van der Waals surface area contributed by atoms with Gasteiger partial charge in [-0.05, 0) is 32.0 Å². The van der Waals surface area contributed by atoms with Crippen molar-refractivity contribution in [2.75, 3.05) is 13.6 Å². The molecule has 1 aromatic carbocycles. The first-order valence-corrected chi connectivity index (χ1v) is 7.29. The number of nitrogens with zero attached hydrogens (tertiary/aromatic N) is 3. The minimum Gasteiger partial charge on any atom is -0.344 e. The van der Waals surface area contributed by atoms with E-state index in [0.29, 0.717) is 17.4 Å². The Morgan fingerprint density at radius 1 is 1.50 bits per heavy atom. The van der Waals surface area contributed by atoms with Gasteiger partial charge in [-0.3, -0.25) is 4.79 Å². The lowest BCUT2D eigenvalue weighted by molar-refractivity contribution is -0.130. The molecular formula is C14H17Cl2N3O. The molecule has 1 unspecified atom stereocenters. The van der Waals surface area contributed by atoms with Gasteiger partial charge >= 0.3 is 0 Å². The summed E-state index contributed by atoms with van der Waals surface area (Å²) in [5.41, 5.74) is 1.63. The van der Waals surface area contributed by atoms with Gasteiger partial charge in [0.1, 0.15) is 12.4 Å². The Morgan fingerprint density at radius 2 is 2.20 bits per heavy atom. The number of benzene rings is 1. The fourth-order valence-corrected chi connectivity index (χ4v) is 2.35. The van der Waals surface area contributed by atoms with Gasteiger partial charge in [-0.15, -0.1) is 11.6 Å². The van der Waals surface area contributed by atoms with Gasteiger partial charge in [-0.25, -0.2) is 4.98 Å². The molecule has 0 radical (unpaired) electrons. The normalized spacial score (nSPS) is 12.7. The second-order valence-corrected chi connectivity index (χ2v) is 5.80. The quantitative estimate of drug-likeness (QED) is 0.811. The molecule has 0 saturated carbocycles. The first kappa shape index (κ1) is 15.1. The van der Waals surface area contributed by atoms with Crippen LogP contribution in [0.3, 0.4) is 0 Å². The summed E-state index contributed by atoms with van der Waals surface area (Å²) in [6, 6.07) is 5.43. The fourth-order valence-electron chi connectivity index (χ4n) is 2.02. The van der Waals surface area contributed by atoms with Gasteiger partial charge in [0.15, 0.2) is 0 Å². The summed E-state index contributed by atoms with van der Waals surface area (Å²) in [5, 5.41) is 0.338. The summed E-state index contributed by atoms with van der Waals surface area (Å²) in [6.07, 6.45) is 0. The van der Waals surface area contributed by atoms with E-state index in [1.54, 1.807) is 18.0 Å². The van der Waals surface area contributed by atoms with Crippen molar-refractivity contribution >= 4 is 40.1 Å². The standard InChI is InChI=1S/C14H17Cl2N3O/c1-4-18(3)13(20)8-19-12-7-10(16)5-6-11(12)17-14(19)9(2)15/h5-7,9H,4,8H2,1-3H3. The minimum absolute atomic E-state index is 0.0188. The van der Waals surface area contributed by atoms with E-state index in [1.165, 1.54) is 0 Å². The van der Waals surface area contributed by atoms with Gasteiger partial charge in [0.25, 0.3) is 0 Å². The van der Waals surface area contributed by atoms with Crippen molar-refractivity contribution in [1.82, 2.24) is 14.5 Å². The Bertz CT molecular complexity index is 637. The van der Waals surface area contributed by atoms with E-state index in [2.05, 4.69) is 4.98 Å². The molecule has 0 fully saturated rings. The van der Waals surface area contributed by atoms with Gasteiger partial charge in [-0.1, -0.05) is 11.6 Å².